The second-order valence-corrected chi connectivity index (χ2v) is 6.52. The second kappa shape index (κ2) is 6.75. The lowest BCUT2D eigenvalue weighted by Gasteiger charge is -2.39. The van der Waals surface area contributed by atoms with Crippen LogP contribution in [-0.2, 0) is 6.54 Å². The van der Waals surface area contributed by atoms with Crippen LogP contribution in [0, 0.1) is 19.8 Å². The first-order valence-corrected chi connectivity index (χ1v) is 7.86. The standard InChI is InChI=1S/C17H28N2O2/c1-12-5-7-17(11-20,8-6-12)19-10-15-14(3)16(21-4)13(2)9-18-15/h9,12,19-20H,5-8,10-11H2,1-4H3. The Hall–Kier alpha value is -1.13. The molecule has 0 bridgehead atoms. The third-order valence-electron chi connectivity index (χ3n) is 4.91. The van der Waals surface area contributed by atoms with Crippen molar-refractivity contribution < 1.29 is 9.84 Å². The van der Waals surface area contributed by atoms with E-state index in [1.54, 1.807) is 7.11 Å². The first-order chi connectivity index (χ1) is 10.0. The third kappa shape index (κ3) is 3.55. The van der Waals surface area contributed by atoms with Gasteiger partial charge < -0.3 is 15.2 Å². The number of pyridine rings is 1. The molecule has 0 spiro atoms. The normalized spacial score (nSPS) is 25.9. The minimum absolute atomic E-state index is 0.140. The number of aryl methyl sites for hydroxylation is 1. The average Bonchev–Trinajstić information content (AvgIpc) is 2.49. The Morgan fingerprint density at radius 2 is 2.05 bits per heavy atom. The quantitative estimate of drug-likeness (QED) is 0.876. The van der Waals surface area contributed by atoms with Crippen molar-refractivity contribution in [1.29, 1.82) is 0 Å². The Labute approximate surface area is 127 Å². The lowest BCUT2D eigenvalue weighted by molar-refractivity contribution is 0.104. The third-order valence-corrected chi connectivity index (χ3v) is 4.91. The van der Waals surface area contributed by atoms with Gasteiger partial charge in [-0.25, -0.2) is 0 Å². The molecule has 0 amide bonds. The number of aliphatic hydroxyl groups is 1. The van der Waals surface area contributed by atoms with Crippen LogP contribution in [0.15, 0.2) is 6.20 Å². The Morgan fingerprint density at radius 1 is 1.38 bits per heavy atom. The Balaban J connectivity index is 2.08. The van der Waals surface area contributed by atoms with E-state index in [0.717, 1.165) is 41.3 Å². The van der Waals surface area contributed by atoms with E-state index >= 15 is 0 Å². The van der Waals surface area contributed by atoms with E-state index in [0.29, 0.717) is 6.54 Å². The number of hydrogen-bond acceptors (Lipinski definition) is 4. The van der Waals surface area contributed by atoms with Gasteiger partial charge in [0.25, 0.3) is 0 Å². The van der Waals surface area contributed by atoms with Crippen molar-refractivity contribution in [3.05, 3.63) is 23.0 Å². The van der Waals surface area contributed by atoms with Crippen LogP contribution < -0.4 is 10.1 Å². The first kappa shape index (κ1) is 16.2. The van der Waals surface area contributed by atoms with E-state index in [2.05, 4.69) is 17.2 Å². The highest BCUT2D eigenvalue weighted by Gasteiger charge is 2.33. The minimum Gasteiger partial charge on any atom is -0.496 e. The highest BCUT2D eigenvalue weighted by atomic mass is 16.5. The Morgan fingerprint density at radius 3 is 2.62 bits per heavy atom. The summed E-state index contributed by atoms with van der Waals surface area (Å²) >= 11 is 0. The van der Waals surface area contributed by atoms with Crippen LogP contribution in [0.5, 0.6) is 5.75 Å². The van der Waals surface area contributed by atoms with Gasteiger partial charge in [-0.1, -0.05) is 6.92 Å². The number of aromatic nitrogens is 1. The molecule has 1 saturated carbocycles. The second-order valence-electron chi connectivity index (χ2n) is 6.52. The van der Waals surface area contributed by atoms with Crippen LogP contribution >= 0.6 is 0 Å². The largest absolute Gasteiger partial charge is 0.496 e. The van der Waals surface area contributed by atoms with E-state index in [4.69, 9.17) is 4.74 Å². The molecule has 0 radical (unpaired) electrons. The molecule has 0 unspecified atom stereocenters. The summed E-state index contributed by atoms with van der Waals surface area (Å²) in [6, 6.07) is 0. The lowest BCUT2D eigenvalue weighted by Crippen LogP contribution is -2.50. The molecule has 2 rings (SSSR count). The predicted octanol–water partition coefficient (Wildman–Crippen LogP) is 2.74. The molecule has 0 aromatic carbocycles. The lowest BCUT2D eigenvalue weighted by atomic mass is 9.77. The monoisotopic (exact) mass is 292 g/mol. The van der Waals surface area contributed by atoms with Gasteiger partial charge in [0.15, 0.2) is 0 Å². The van der Waals surface area contributed by atoms with Gasteiger partial charge in [0.2, 0.25) is 0 Å². The van der Waals surface area contributed by atoms with E-state index in [-0.39, 0.29) is 12.1 Å². The number of nitrogens with zero attached hydrogens (tertiary/aromatic N) is 1. The number of rotatable bonds is 5. The molecule has 21 heavy (non-hydrogen) atoms. The van der Waals surface area contributed by atoms with Gasteiger partial charge in [-0.05, 0) is 45.4 Å². The zero-order valence-electron chi connectivity index (χ0n) is 13.7. The highest BCUT2D eigenvalue weighted by molar-refractivity contribution is 5.41. The molecule has 0 saturated heterocycles. The summed E-state index contributed by atoms with van der Waals surface area (Å²) in [7, 11) is 1.70. The molecular weight excluding hydrogens is 264 g/mol. The Kier molecular flexibility index (Phi) is 5.22. The van der Waals surface area contributed by atoms with Crippen molar-refractivity contribution in [3.8, 4) is 5.75 Å². The molecule has 4 nitrogen and oxygen atoms in total. The molecule has 0 aliphatic heterocycles. The minimum atomic E-state index is -0.140. The summed E-state index contributed by atoms with van der Waals surface area (Å²) in [5, 5.41) is 13.4. The van der Waals surface area contributed by atoms with Gasteiger partial charge in [0, 0.05) is 29.4 Å². The van der Waals surface area contributed by atoms with Crippen molar-refractivity contribution in [2.24, 2.45) is 5.92 Å². The van der Waals surface area contributed by atoms with E-state index in [1.165, 1.54) is 12.8 Å². The maximum absolute atomic E-state index is 9.81. The van der Waals surface area contributed by atoms with Crippen LogP contribution in [0.3, 0.4) is 0 Å². The molecule has 118 valence electrons. The fourth-order valence-corrected chi connectivity index (χ4v) is 3.23. The maximum atomic E-state index is 9.81. The molecule has 1 aliphatic carbocycles. The molecule has 1 fully saturated rings. The number of aliphatic hydroxyl groups excluding tert-OH is 1. The van der Waals surface area contributed by atoms with Gasteiger partial charge in [-0.15, -0.1) is 0 Å². The topological polar surface area (TPSA) is 54.4 Å². The highest BCUT2D eigenvalue weighted by Crippen LogP contribution is 2.32. The predicted molar refractivity (Wildman–Crippen MR) is 84.6 cm³/mol. The summed E-state index contributed by atoms with van der Waals surface area (Å²) in [5.74, 6) is 1.68. The summed E-state index contributed by atoms with van der Waals surface area (Å²) in [6.07, 6.45) is 6.28. The van der Waals surface area contributed by atoms with Crippen LogP contribution in [0.4, 0.5) is 0 Å². The van der Waals surface area contributed by atoms with E-state index in [9.17, 15) is 5.11 Å². The number of ether oxygens (including phenoxy) is 1. The van der Waals surface area contributed by atoms with Crippen molar-refractivity contribution in [1.82, 2.24) is 10.3 Å². The van der Waals surface area contributed by atoms with Crippen molar-refractivity contribution in [2.75, 3.05) is 13.7 Å². The summed E-state index contributed by atoms with van der Waals surface area (Å²) < 4.78 is 5.46. The van der Waals surface area contributed by atoms with Crippen LogP contribution in [0.1, 0.15) is 49.4 Å². The summed E-state index contributed by atoms with van der Waals surface area (Å²) in [6.45, 7) is 7.22. The zero-order chi connectivity index (χ0) is 15.5. The van der Waals surface area contributed by atoms with Gasteiger partial charge in [0.1, 0.15) is 5.75 Å². The smallest absolute Gasteiger partial charge is 0.128 e. The van der Waals surface area contributed by atoms with Crippen molar-refractivity contribution in [2.45, 2.75) is 58.5 Å². The molecule has 1 heterocycles. The van der Waals surface area contributed by atoms with Gasteiger partial charge in [-0.2, -0.15) is 0 Å². The molecule has 4 heteroatoms. The van der Waals surface area contributed by atoms with Gasteiger partial charge in [0.05, 0.1) is 19.4 Å². The van der Waals surface area contributed by atoms with Gasteiger partial charge >= 0.3 is 0 Å². The average molecular weight is 292 g/mol. The molecule has 2 N–H and O–H groups in total. The van der Waals surface area contributed by atoms with Crippen LogP contribution in [-0.4, -0.2) is 29.3 Å². The van der Waals surface area contributed by atoms with E-state index in [1.807, 2.05) is 20.0 Å². The molecule has 1 aliphatic rings. The maximum Gasteiger partial charge on any atom is 0.128 e. The van der Waals surface area contributed by atoms with Crippen molar-refractivity contribution >= 4 is 0 Å². The number of methoxy groups -OCH3 is 1. The van der Waals surface area contributed by atoms with Gasteiger partial charge in [-0.3, -0.25) is 4.98 Å². The number of hydrogen-bond donors (Lipinski definition) is 2. The summed E-state index contributed by atoms with van der Waals surface area (Å²) in [5.41, 5.74) is 3.01. The molecule has 1 aromatic rings. The fraction of sp³-hybridized carbons (Fsp3) is 0.706. The SMILES string of the molecule is COc1c(C)cnc(CNC2(CO)CCC(C)CC2)c1C. The molecule has 1 aromatic heterocycles. The fourth-order valence-electron chi connectivity index (χ4n) is 3.23. The van der Waals surface area contributed by atoms with Crippen LogP contribution in [0.25, 0.3) is 0 Å². The molecular formula is C17H28N2O2. The zero-order valence-corrected chi connectivity index (χ0v) is 13.7. The Bertz CT molecular complexity index is 480. The van der Waals surface area contributed by atoms with Crippen molar-refractivity contribution in [3.63, 3.8) is 0 Å². The number of nitrogens with one attached hydrogen (secondary N) is 1. The molecule has 0 atom stereocenters. The van der Waals surface area contributed by atoms with Crippen LogP contribution in [0.2, 0.25) is 0 Å². The first-order valence-electron chi connectivity index (χ1n) is 7.86. The van der Waals surface area contributed by atoms with E-state index < -0.39 is 0 Å². The summed E-state index contributed by atoms with van der Waals surface area (Å²) in [4.78, 5) is 4.53.